The van der Waals surface area contributed by atoms with Gasteiger partial charge < -0.3 is 31.0 Å². The Hall–Kier alpha value is -0.175. The maximum atomic E-state index is 8.42. The minimum Gasteiger partial charge on any atom is -0.907 e. The van der Waals surface area contributed by atoms with Crippen molar-refractivity contribution in [1.82, 2.24) is 0 Å². The van der Waals surface area contributed by atoms with Gasteiger partial charge in [-0.25, -0.2) is 0 Å². The van der Waals surface area contributed by atoms with E-state index in [1.165, 1.54) is 39.3 Å². The molecule has 0 fully saturated rings. The van der Waals surface area contributed by atoms with Gasteiger partial charge in [0.25, 0.3) is 0 Å². The average Bonchev–Trinajstić information content (AvgIpc) is 2.53. The summed E-state index contributed by atoms with van der Waals surface area (Å²) in [5, 5.41) is 32.4. The highest BCUT2D eigenvalue weighted by Gasteiger charge is 1.99. The van der Waals surface area contributed by atoms with Crippen molar-refractivity contribution in [3.05, 3.63) is 0 Å². The van der Waals surface area contributed by atoms with Gasteiger partial charge in [-0.3, -0.25) is 7.32 Å². The molecule has 0 aliphatic carbocycles. The third-order valence-corrected chi connectivity index (χ3v) is 3.83. The molecule has 6 nitrogen and oxygen atoms in total. The summed E-state index contributed by atoms with van der Waals surface area (Å²) in [5.41, 5.74) is 0. The predicted molar refractivity (Wildman–Crippen MR) is 130 cm³/mol. The molecule has 0 aliphatic rings. The van der Waals surface area contributed by atoms with E-state index >= 15 is 0 Å². The molecular formula is C24H60BN3O3. The van der Waals surface area contributed by atoms with Gasteiger partial charge in [-0.2, -0.15) is 0 Å². The molecule has 6 N–H and O–H groups in total. The molecule has 0 unspecified atom stereocenters. The predicted octanol–water partition coefficient (Wildman–Crippen LogP) is -1.36. The number of quaternary nitrogens is 3. The lowest BCUT2D eigenvalue weighted by Crippen LogP contribution is -2.86. The molecule has 0 spiro atoms. The van der Waals surface area contributed by atoms with E-state index in [0.717, 1.165) is 35.5 Å². The Balaban J connectivity index is -0.000000162. The zero-order valence-corrected chi connectivity index (χ0v) is 23.2. The topological polar surface area (TPSA) is 119 Å². The first kappa shape index (κ1) is 38.1. The second kappa shape index (κ2) is 27.9. The Labute approximate surface area is 196 Å². The highest BCUT2D eigenvalue weighted by molar-refractivity contribution is 6.24. The smallest absolute Gasteiger partial charge is 0.0778 e. The van der Waals surface area contributed by atoms with E-state index in [9.17, 15) is 0 Å². The van der Waals surface area contributed by atoms with Crippen LogP contribution in [-0.2, 0) is 0 Å². The average molecular weight is 450 g/mol. The van der Waals surface area contributed by atoms with Gasteiger partial charge in [0, 0.05) is 35.5 Å². The lowest BCUT2D eigenvalue weighted by molar-refractivity contribution is -0.664. The second-order valence-corrected chi connectivity index (χ2v) is 10.9. The molecule has 0 saturated carbocycles. The van der Waals surface area contributed by atoms with E-state index in [1.54, 1.807) is 0 Å². The normalized spacial score (nSPS) is 10.7. The van der Waals surface area contributed by atoms with Crippen molar-refractivity contribution in [3.63, 3.8) is 0 Å². The summed E-state index contributed by atoms with van der Waals surface area (Å²) in [6.07, 6.45) is 0. The van der Waals surface area contributed by atoms with Crippen molar-refractivity contribution in [2.24, 2.45) is 35.5 Å². The second-order valence-electron chi connectivity index (χ2n) is 10.9. The quantitative estimate of drug-likeness (QED) is 0.319. The molecule has 0 radical (unpaired) electrons. The maximum absolute atomic E-state index is 8.42. The molecule has 192 valence electrons. The van der Waals surface area contributed by atoms with E-state index < -0.39 is 7.32 Å². The monoisotopic (exact) mass is 449 g/mol. The third kappa shape index (κ3) is 72.7. The summed E-state index contributed by atoms with van der Waals surface area (Å²) in [7, 11) is -2.92. The van der Waals surface area contributed by atoms with Crippen LogP contribution in [0.2, 0.25) is 0 Å². The van der Waals surface area contributed by atoms with Gasteiger partial charge in [0.15, 0.2) is 0 Å². The molecule has 0 saturated heterocycles. The summed E-state index contributed by atoms with van der Waals surface area (Å²) in [6.45, 7) is 34.8. The van der Waals surface area contributed by atoms with Crippen LogP contribution in [0.1, 0.15) is 83.1 Å². The van der Waals surface area contributed by atoms with Gasteiger partial charge in [-0.1, -0.05) is 83.1 Å². The maximum Gasteiger partial charge on any atom is 0.0778 e. The van der Waals surface area contributed by atoms with Crippen molar-refractivity contribution in [1.29, 1.82) is 0 Å². The first-order valence-electron chi connectivity index (χ1n) is 12.5. The van der Waals surface area contributed by atoms with Gasteiger partial charge in [0.1, 0.15) is 0 Å². The van der Waals surface area contributed by atoms with Crippen LogP contribution in [0, 0.1) is 35.5 Å². The van der Waals surface area contributed by atoms with Crippen LogP contribution in [0.4, 0.5) is 0 Å². The molecule has 0 heterocycles. The van der Waals surface area contributed by atoms with Crippen LogP contribution < -0.4 is 31.0 Å². The van der Waals surface area contributed by atoms with Crippen molar-refractivity contribution in [2.75, 3.05) is 39.3 Å². The molecule has 0 amide bonds. The molecule has 31 heavy (non-hydrogen) atoms. The van der Waals surface area contributed by atoms with Crippen LogP contribution in [0.3, 0.4) is 0 Å². The molecule has 0 aromatic carbocycles. The van der Waals surface area contributed by atoms with Crippen LogP contribution in [-0.4, -0.2) is 46.6 Å². The fourth-order valence-electron chi connectivity index (χ4n) is 2.29. The largest absolute Gasteiger partial charge is 0.907 e. The molecule has 0 aromatic rings. The SMILES string of the molecule is CC(C)C[NH2+]CC(C)C.CC(C)C[NH2+]CC(C)C.CC(C)C[NH2+]CC(C)C.[O-]B([O-])[O-]. The first-order chi connectivity index (χ1) is 14.1. The Morgan fingerprint density at radius 3 is 0.548 bits per heavy atom. The van der Waals surface area contributed by atoms with Gasteiger partial charge in [-0.15, -0.1) is 0 Å². The van der Waals surface area contributed by atoms with Crippen LogP contribution in [0.25, 0.3) is 0 Å². The fourth-order valence-corrected chi connectivity index (χ4v) is 2.29. The highest BCUT2D eigenvalue weighted by atomic mass is 16.5. The van der Waals surface area contributed by atoms with Gasteiger partial charge >= 0.3 is 0 Å². The summed E-state index contributed by atoms with van der Waals surface area (Å²) in [6, 6.07) is 0. The summed E-state index contributed by atoms with van der Waals surface area (Å²) in [5.74, 6) is 5.02. The number of nitrogens with two attached hydrogens (primary N) is 3. The Morgan fingerprint density at radius 2 is 0.484 bits per heavy atom. The molecule has 0 aromatic heterocycles. The number of hydrogen-bond acceptors (Lipinski definition) is 3. The molecule has 7 heteroatoms. The lowest BCUT2D eigenvalue weighted by atomic mass is 10.2. The molecule has 0 aliphatic heterocycles. The van der Waals surface area contributed by atoms with Crippen LogP contribution in [0.5, 0.6) is 0 Å². The third-order valence-electron chi connectivity index (χ3n) is 3.83. The zero-order chi connectivity index (χ0) is 25.4. The minimum atomic E-state index is -2.92. The van der Waals surface area contributed by atoms with E-state index in [1.807, 2.05) is 0 Å². The zero-order valence-electron chi connectivity index (χ0n) is 23.2. The van der Waals surface area contributed by atoms with Crippen LogP contribution >= 0.6 is 0 Å². The van der Waals surface area contributed by atoms with Gasteiger partial charge in [-0.05, 0) is 0 Å². The van der Waals surface area contributed by atoms with Crippen molar-refractivity contribution >= 4 is 7.32 Å². The lowest BCUT2D eigenvalue weighted by Gasteiger charge is -2.35. The summed E-state index contributed by atoms with van der Waals surface area (Å²) >= 11 is 0. The highest BCUT2D eigenvalue weighted by Crippen LogP contribution is 1.86. The Bertz CT molecular complexity index is 245. The fraction of sp³-hybridized carbons (Fsp3) is 1.00. The van der Waals surface area contributed by atoms with E-state index in [0.29, 0.717) is 0 Å². The van der Waals surface area contributed by atoms with E-state index in [4.69, 9.17) is 15.1 Å². The van der Waals surface area contributed by atoms with E-state index in [2.05, 4.69) is 99.0 Å². The standard InChI is InChI=1S/3C8H19N.BO3/c3*1-7(2)5-9-6-8(3)4;2-1(3)4/h3*7-9H,5-6H2,1-4H3;/q;;;-3/p+3. The summed E-state index contributed by atoms with van der Waals surface area (Å²) < 4.78 is 0. The molecule has 0 rings (SSSR count). The molecule has 0 atom stereocenters. The molecular weight excluding hydrogens is 389 g/mol. The Morgan fingerprint density at radius 1 is 0.387 bits per heavy atom. The van der Waals surface area contributed by atoms with Gasteiger partial charge in [0.2, 0.25) is 0 Å². The van der Waals surface area contributed by atoms with Crippen molar-refractivity contribution in [2.45, 2.75) is 83.1 Å². The minimum absolute atomic E-state index is 0.837. The number of rotatable bonds is 12. The van der Waals surface area contributed by atoms with Crippen molar-refractivity contribution < 1.29 is 31.0 Å². The number of hydrogen-bond donors (Lipinski definition) is 3. The Kier molecular flexibility index (Phi) is 34.2. The van der Waals surface area contributed by atoms with Crippen molar-refractivity contribution in [3.8, 4) is 0 Å². The van der Waals surface area contributed by atoms with E-state index in [-0.39, 0.29) is 0 Å². The van der Waals surface area contributed by atoms with Crippen LogP contribution in [0.15, 0.2) is 0 Å². The summed E-state index contributed by atoms with van der Waals surface area (Å²) in [4.78, 5) is 0. The first-order valence-corrected chi connectivity index (χ1v) is 12.5. The van der Waals surface area contributed by atoms with Gasteiger partial charge in [0.05, 0.1) is 39.3 Å². The molecule has 0 bridgehead atoms.